The Balaban J connectivity index is 1.76. The Bertz CT molecular complexity index is 1080. The molecular formula is C24H26N4O3. The molecule has 3 rings (SSSR count). The summed E-state index contributed by atoms with van der Waals surface area (Å²) in [6, 6.07) is 14.3. The number of imidazole rings is 1. The molecule has 7 heteroatoms. The number of amides is 1. The first-order chi connectivity index (χ1) is 14.9. The number of benzene rings is 2. The second kappa shape index (κ2) is 9.75. The van der Waals surface area contributed by atoms with Crippen LogP contribution in [0.3, 0.4) is 0 Å². The zero-order valence-electron chi connectivity index (χ0n) is 17.6. The van der Waals surface area contributed by atoms with Crippen molar-refractivity contribution >= 4 is 17.6 Å². The molecule has 0 saturated heterocycles. The highest BCUT2D eigenvalue weighted by Gasteiger charge is 2.28. The van der Waals surface area contributed by atoms with Crippen molar-refractivity contribution in [2.75, 3.05) is 7.11 Å². The van der Waals surface area contributed by atoms with Gasteiger partial charge >= 0.3 is 5.97 Å². The Kier molecular flexibility index (Phi) is 6.87. The van der Waals surface area contributed by atoms with E-state index in [1.54, 1.807) is 43.8 Å². The average Bonchev–Trinajstić information content (AvgIpc) is 3.32. The summed E-state index contributed by atoms with van der Waals surface area (Å²) < 4.78 is 6.81. The van der Waals surface area contributed by atoms with E-state index in [0.29, 0.717) is 17.7 Å². The minimum absolute atomic E-state index is 0.271. The van der Waals surface area contributed by atoms with Gasteiger partial charge in [-0.05, 0) is 48.7 Å². The molecule has 7 nitrogen and oxygen atoms in total. The molecule has 0 fully saturated rings. The van der Waals surface area contributed by atoms with E-state index in [1.165, 1.54) is 7.11 Å². The van der Waals surface area contributed by atoms with Gasteiger partial charge in [0.2, 0.25) is 0 Å². The highest BCUT2D eigenvalue weighted by Crippen LogP contribution is 2.18. The van der Waals surface area contributed by atoms with Crippen LogP contribution in [0.25, 0.3) is 11.4 Å². The maximum Gasteiger partial charge on any atom is 0.311 e. The molecule has 0 aliphatic heterocycles. The molecule has 2 aromatic carbocycles. The Hall–Kier alpha value is -3.87. The van der Waals surface area contributed by atoms with E-state index in [9.17, 15) is 9.59 Å². The number of methoxy groups -OCH3 is 1. The maximum atomic E-state index is 12.9. The zero-order chi connectivity index (χ0) is 22.4. The van der Waals surface area contributed by atoms with Gasteiger partial charge in [-0.25, -0.2) is 4.98 Å². The number of hydrogen-bond acceptors (Lipinski definition) is 5. The molecule has 1 heterocycles. The highest BCUT2D eigenvalue weighted by molar-refractivity contribution is 5.95. The van der Waals surface area contributed by atoms with Crippen molar-refractivity contribution in [2.45, 2.75) is 19.4 Å². The lowest BCUT2D eigenvalue weighted by Crippen LogP contribution is -2.42. The van der Waals surface area contributed by atoms with Crippen molar-refractivity contribution < 1.29 is 14.3 Å². The summed E-state index contributed by atoms with van der Waals surface area (Å²) in [5, 5.41) is 2.93. The molecule has 2 unspecified atom stereocenters. The molecule has 0 radical (unpaired) electrons. The van der Waals surface area contributed by atoms with Crippen molar-refractivity contribution in [1.29, 1.82) is 0 Å². The van der Waals surface area contributed by atoms with Crippen molar-refractivity contribution in [2.24, 2.45) is 11.7 Å². The second-order valence-electron chi connectivity index (χ2n) is 7.34. The van der Waals surface area contributed by atoms with Crippen LogP contribution in [0.4, 0.5) is 0 Å². The second-order valence-corrected chi connectivity index (χ2v) is 7.34. The number of nitrogens with two attached hydrogens (primary N) is 1. The molecule has 0 aliphatic carbocycles. The quantitative estimate of drug-likeness (QED) is 0.548. The number of carbonyl (C=O) groups is 2. The van der Waals surface area contributed by atoms with Gasteiger partial charge in [-0.3, -0.25) is 9.59 Å². The lowest BCUT2D eigenvalue weighted by atomic mass is 9.92. The third-order valence-electron chi connectivity index (χ3n) is 5.13. The minimum atomic E-state index is -0.563. The third-order valence-corrected chi connectivity index (χ3v) is 5.13. The summed E-state index contributed by atoms with van der Waals surface area (Å²) in [4.78, 5) is 29.4. The number of ether oxygens (including phenoxy) is 1. The van der Waals surface area contributed by atoms with Gasteiger partial charge in [0.15, 0.2) is 0 Å². The first kappa shape index (κ1) is 21.8. The van der Waals surface area contributed by atoms with Gasteiger partial charge in [-0.1, -0.05) is 30.8 Å². The van der Waals surface area contributed by atoms with Crippen LogP contribution in [-0.2, 0) is 16.0 Å². The smallest absolute Gasteiger partial charge is 0.311 e. The van der Waals surface area contributed by atoms with Gasteiger partial charge in [0, 0.05) is 35.4 Å². The molecule has 1 aromatic heterocycles. The molecule has 0 bridgehead atoms. The van der Waals surface area contributed by atoms with Gasteiger partial charge in [-0.2, -0.15) is 0 Å². The Labute approximate surface area is 181 Å². The predicted molar refractivity (Wildman–Crippen MR) is 119 cm³/mol. The van der Waals surface area contributed by atoms with Crippen molar-refractivity contribution in [1.82, 2.24) is 14.9 Å². The first-order valence-electron chi connectivity index (χ1n) is 9.90. The fourth-order valence-corrected chi connectivity index (χ4v) is 3.38. The van der Waals surface area contributed by atoms with Crippen LogP contribution in [0.1, 0.15) is 28.4 Å². The highest BCUT2D eigenvalue weighted by atomic mass is 16.5. The molecule has 3 aromatic rings. The number of rotatable bonds is 8. The molecule has 0 spiro atoms. The Morgan fingerprint density at radius 3 is 2.61 bits per heavy atom. The van der Waals surface area contributed by atoms with E-state index in [1.807, 2.05) is 34.9 Å². The number of esters is 1. The largest absolute Gasteiger partial charge is 0.469 e. The summed E-state index contributed by atoms with van der Waals surface area (Å²) in [7, 11) is 1.34. The number of carbonyl (C=O) groups excluding carboxylic acids is 2. The van der Waals surface area contributed by atoms with Crippen LogP contribution in [0, 0.1) is 5.92 Å². The van der Waals surface area contributed by atoms with Crippen molar-refractivity contribution in [3.05, 3.63) is 90.5 Å². The molecule has 31 heavy (non-hydrogen) atoms. The van der Waals surface area contributed by atoms with Gasteiger partial charge in [-0.15, -0.1) is 0 Å². The Morgan fingerprint density at radius 2 is 1.94 bits per heavy atom. The maximum absolute atomic E-state index is 12.9. The predicted octanol–water partition coefficient (Wildman–Crippen LogP) is 2.95. The van der Waals surface area contributed by atoms with Gasteiger partial charge in [0.25, 0.3) is 5.91 Å². The monoisotopic (exact) mass is 418 g/mol. The van der Waals surface area contributed by atoms with Crippen LogP contribution >= 0.6 is 0 Å². The lowest BCUT2D eigenvalue weighted by Gasteiger charge is -2.23. The molecule has 1 amide bonds. The normalized spacial score (nSPS) is 12.6. The summed E-state index contributed by atoms with van der Waals surface area (Å²) in [5.41, 5.74) is 9.26. The minimum Gasteiger partial charge on any atom is -0.469 e. The van der Waals surface area contributed by atoms with E-state index >= 15 is 0 Å². The summed E-state index contributed by atoms with van der Waals surface area (Å²) in [6.45, 7) is 5.55. The topological polar surface area (TPSA) is 99.2 Å². The third kappa shape index (κ3) is 5.39. The summed E-state index contributed by atoms with van der Waals surface area (Å²) in [5.74, 6) is -1.23. The molecule has 0 saturated carbocycles. The Morgan fingerprint density at radius 1 is 1.19 bits per heavy atom. The van der Waals surface area contributed by atoms with Gasteiger partial charge in [0.05, 0.1) is 19.4 Å². The van der Waals surface area contributed by atoms with E-state index in [2.05, 4.69) is 16.9 Å². The van der Waals surface area contributed by atoms with Crippen LogP contribution in [-0.4, -0.2) is 34.6 Å². The molecule has 3 N–H and O–H groups in total. The van der Waals surface area contributed by atoms with Crippen molar-refractivity contribution in [3.63, 3.8) is 0 Å². The number of nitrogens with zero attached hydrogens (tertiary/aromatic N) is 2. The lowest BCUT2D eigenvalue weighted by molar-refractivity contribution is -0.146. The van der Waals surface area contributed by atoms with E-state index < -0.39 is 17.9 Å². The van der Waals surface area contributed by atoms with E-state index in [4.69, 9.17) is 10.5 Å². The van der Waals surface area contributed by atoms with E-state index in [-0.39, 0.29) is 5.91 Å². The summed E-state index contributed by atoms with van der Waals surface area (Å²) in [6.07, 6.45) is 5.53. The van der Waals surface area contributed by atoms with Crippen LogP contribution in [0.2, 0.25) is 0 Å². The van der Waals surface area contributed by atoms with Crippen LogP contribution in [0.5, 0.6) is 0 Å². The van der Waals surface area contributed by atoms with Crippen LogP contribution < -0.4 is 11.1 Å². The molecular weight excluding hydrogens is 392 g/mol. The summed E-state index contributed by atoms with van der Waals surface area (Å²) >= 11 is 0. The molecule has 0 aliphatic rings. The number of aromatic nitrogens is 2. The molecule has 160 valence electrons. The SMILES string of the molecule is C=C(N)c1cccc(CC(C(=O)OC)C(C)NC(=O)c2cccc(-n3ccnc3)c2)c1. The zero-order valence-corrected chi connectivity index (χ0v) is 17.6. The average molecular weight is 418 g/mol. The standard InChI is InChI=1S/C24H26N4O3/c1-16(25)19-7-4-6-18(12-19)13-22(24(30)31-3)17(2)27-23(29)20-8-5-9-21(14-20)28-11-10-26-15-28/h4-12,14-15,17,22H,1,13,25H2,2-3H3,(H,27,29). The number of hydrogen-bond donors (Lipinski definition) is 2. The van der Waals surface area contributed by atoms with Gasteiger partial charge < -0.3 is 20.4 Å². The first-order valence-corrected chi connectivity index (χ1v) is 9.90. The fourth-order valence-electron chi connectivity index (χ4n) is 3.38. The van der Waals surface area contributed by atoms with Crippen LogP contribution in [0.15, 0.2) is 73.8 Å². The van der Waals surface area contributed by atoms with Crippen molar-refractivity contribution in [3.8, 4) is 5.69 Å². The van der Waals surface area contributed by atoms with E-state index in [0.717, 1.165) is 16.8 Å². The fraction of sp³-hybridized carbons (Fsp3) is 0.208. The van der Waals surface area contributed by atoms with Gasteiger partial charge in [0.1, 0.15) is 0 Å². The molecule has 2 atom stereocenters. The number of nitrogens with one attached hydrogen (secondary N) is 1.